The van der Waals surface area contributed by atoms with Crippen LogP contribution in [0.4, 0.5) is 0 Å². The van der Waals surface area contributed by atoms with E-state index in [-0.39, 0.29) is 5.91 Å². The highest BCUT2D eigenvalue weighted by Gasteiger charge is 2.29. The van der Waals surface area contributed by atoms with Gasteiger partial charge < -0.3 is 19.9 Å². The van der Waals surface area contributed by atoms with Crippen LogP contribution in [0.5, 0.6) is 17.2 Å². The lowest BCUT2D eigenvalue weighted by atomic mass is 9.93. The van der Waals surface area contributed by atoms with E-state index in [0.717, 1.165) is 12.8 Å². The van der Waals surface area contributed by atoms with Crippen molar-refractivity contribution in [2.24, 2.45) is 0 Å². The molecule has 4 rings (SSSR count). The molecule has 1 aliphatic heterocycles. The maximum absolute atomic E-state index is 12.4. The number of carboxylic acids is 1. The van der Waals surface area contributed by atoms with E-state index in [4.69, 9.17) is 21.1 Å². The molecule has 3 aromatic rings. The fourth-order valence-electron chi connectivity index (χ4n) is 3.77. The van der Waals surface area contributed by atoms with E-state index >= 15 is 0 Å². The molecule has 33 heavy (non-hydrogen) atoms. The second-order valence-electron chi connectivity index (χ2n) is 7.82. The predicted molar refractivity (Wildman–Crippen MR) is 126 cm³/mol. The lowest BCUT2D eigenvalue weighted by Crippen LogP contribution is -2.24. The first-order valence-electron chi connectivity index (χ1n) is 10.8. The average molecular weight is 466 g/mol. The molecule has 2 N–H and O–H groups in total. The number of carboxylic acid groups (broad SMARTS) is 1. The quantitative estimate of drug-likeness (QED) is 0.432. The van der Waals surface area contributed by atoms with Crippen molar-refractivity contribution in [3.63, 3.8) is 0 Å². The van der Waals surface area contributed by atoms with Gasteiger partial charge in [0.1, 0.15) is 17.2 Å². The fraction of sp³-hybridized carbons (Fsp3) is 0.231. The molecule has 1 unspecified atom stereocenters. The largest absolute Gasteiger partial charge is 0.493 e. The molecule has 0 bridgehead atoms. The highest BCUT2D eigenvalue weighted by molar-refractivity contribution is 6.32. The first-order valence-corrected chi connectivity index (χ1v) is 11.2. The van der Waals surface area contributed by atoms with E-state index in [1.807, 2.05) is 18.2 Å². The van der Waals surface area contributed by atoms with Crippen molar-refractivity contribution in [1.29, 1.82) is 0 Å². The van der Waals surface area contributed by atoms with Crippen LogP contribution in [-0.2, 0) is 11.2 Å². The highest BCUT2D eigenvalue weighted by atomic mass is 35.5. The Bertz CT molecular complexity index is 1130. The van der Waals surface area contributed by atoms with Gasteiger partial charge in [0.05, 0.1) is 17.5 Å². The lowest BCUT2D eigenvalue weighted by Gasteiger charge is -2.24. The number of hydrogen-bond donors (Lipinski definition) is 2. The third-order valence-corrected chi connectivity index (χ3v) is 5.81. The van der Waals surface area contributed by atoms with Crippen molar-refractivity contribution in [3.05, 3.63) is 88.4 Å². The number of rotatable bonds is 8. The van der Waals surface area contributed by atoms with Crippen molar-refractivity contribution < 1.29 is 24.2 Å². The van der Waals surface area contributed by atoms with Gasteiger partial charge in [-0.3, -0.25) is 9.59 Å². The molecule has 1 amide bonds. The lowest BCUT2D eigenvalue weighted by molar-refractivity contribution is -0.139. The van der Waals surface area contributed by atoms with E-state index in [0.29, 0.717) is 53.0 Å². The highest BCUT2D eigenvalue weighted by Crippen LogP contribution is 2.41. The fourth-order valence-corrected chi connectivity index (χ4v) is 3.98. The standard InChI is InChI=1S/C26H24ClNO5/c27-22-15-21-20(26(30)31)12-14-32-23(21)16-24(22)33-19-10-8-18(9-11-19)25(29)28-13-4-7-17-5-2-1-3-6-17/h1-3,5-6,8-11,15-16,20H,4,7,12-14H2,(H,28,29)(H,30,31). The summed E-state index contributed by atoms with van der Waals surface area (Å²) in [5.41, 5.74) is 2.33. The van der Waals surface area contributed by atoms with E-state index < -0.39 is 11.9 Å². The van der Waals surface area contributed by atoms with Gasteiger partial charge in [0, 0.05) is 23.7 Å². The number of nitrogens with one attached hydrogen (secondary N) is 1. The van der Waals surface area contributed by atoms with Gasteiger partial charge in [0.25, 0.3) is 5.91 Å². The maximum Gasteiger partial charge on any atom is 0.311 e. The molecule has 0 saturated carbocycles. The Hall–Kier alpha value is -3.51. The molecule has 0 radical (unpaired) electrons. The summed E-state index contributed by atoms with van der Waals surface area (Å²) < 4.78 is 11.5. The summed E-state index contributed by atoms with van der Waals surface area (Å²) in [7, 11) is 0. The monoisotopic (exact) mass is 465 g/mol. The zero-order valence-corrected chi connectivity index (χ0v) is 18.7. The molecule has 0 saturated heterocycles. The molecule has 3 aromatic carbocycles. The topological polar surface area (TPSA) is 84.9 Å². The average Bonchev–Trinajstić information content (AvgIpc) is 2.83. The Morgan fingerprint density at radius 2 is 1.85 bits per heavy atom. The van der Waals surface area contributed by atoms with Gasteiger partial charge in [-0.1, -0.05) is 41.9 Å². The Morgan fingerprint density at radius 3 is 2.58 bits per heavy atom. The van der Waals surface area contributed by atoms with Crippen molar-refractivity contribution in [2.45, 2.75) is 25.2 Å². The first-order chi connectivity index (χ1) is 16.0. The normalized spacial score (nSPS) is 14.6. The van der Waals surface area contributed by atoms with Crippen molar-refractivity contribution in [1.82, 2.24) is 5.32 Å². The number of halogens is 1. The Morgan fingerprint density at radius 1 is 1.09 bits per heavy atom. The molecule has 6 nitrogen and oxygen atoms in total. The van der Waals surface area contributed by atoms with Crippen LogP contribution in [0.25, 0.3) is 0 Å². The van der Waals surface area contributed by atoms with Gasteiger partial charge in [-0.05, 0) is 55.2 Å². The number of benzene rings is 3. The summed E-state index contributed by atoms with van der Waals surface area (Å²) in [6.45, 7) is 0.911. The van der Waals surface area contributed by atoms with Gasteiger partial charge in [-0.15, -0.1) is 0 Å². The number of aliphatic carboxylic acids is 1. The molecule has 7 heteroatoms. The van der Waals surface area contributed by atoms with Crippen LogP contribution in [0, 0.1) is 0 Å². The van der Waals surface area contributed by atoms with Gasteiger partial charge in [-0.2, -0.15) is 0 Å². The molecular weight excluding hydrogens is 442 g/mol. The Labute approximate surface area is 197 Å². The van der Waals surface area contributed by atoms with E-state index in [1.54, 1.807) is 36.4 Å². The van der Waals surface area contributed by atoms with Crippen LogP contribution in [0.1, 0.15) is 40.2 Å². The number of carbonyl (C=O) groups is 2. The van der Waals surface area contributed by atoms with Gasteiger partial charge in [0.15, 0.2) is 0 Å². The maximum atomic E-state index is 12.4. The van der Waals surface area contributed by atoms with Crippen molar-refractivity contribution >= 4 is 23.5 Å². The van der Waals surface area contributed by atoms with Crippen LogP contribution in [0.2, 0.25) is 5.02 Å². The number of aryl methyl sites for hydroxylation is 1. The molecule has 0 aromatic heterocycles. The number of hydrogen-bond acceptors (Lipinski definition) is 4. The Balaban J connectivity index is 1.35. The van der Waals surface area contributed by atoms with Crippen molar-refractivity contribution in [2.75, 3.05) is 13.2 Å². The molecule has 1 heterocycles. The molecule has 0 spiro atoms. The van der Waals surface area contributed by atoms with E-state index in [2.05, 4.69) is 17.4 Å². The molecule has 0 aliphatic carbocycles. The third kappa shape index (κ3) is 5.65. The second-order valence-corrected chi connectivity index (χ2v) is 8.23. The molecular formula is C26H24ClNO5. The zero-order valence-electron chi connectivity index (χ0n) is 17.9. The van der Waals surface area contributed by atoms with Crippen LogP contribution >= 0.6 is 11.6 Å². The number of carbonyl (C=O) groups excluding carboxylic acids is 1. The minimum Gasteiger partial charge on any atom is -0.493 e. The summed E-state index contributed by atoms with van der Waals surface area (Å²) in [6, 6.07) is 20.1. The number of fused-ring (bicyclic) bond motifs is 1. The van der Waals surface area contributed by atoms with Crippen LogP contribution in [-0.4, -0.2) is 30.1 Å². The van der Waals surface area contributed by atoms with Crippen molar-refractivity contribution in [3.8, 4) is 17.2 Å². The minimum absolute atomic E-state index is 0.144. The van der Waals surface area contributed by atoms with Crippen LogP contribution in [0.3, 0.4) is 0 Å². The molecule has 0 fully saturated rings. The number of amides is 1. The smallest absolute Gasteiger partial charge is 0.311 e. The summed E-state index contributed by atoms with van der Waals surface area (Å²) in [6.07, 6.45) is 2.17. The van der Waals surface area contributed by atoms with Crippen LogP contribution < -0.4 is 14.8 Å². The minimum atomic E-state index is -0.904. The predicted octanol–water partition coefficient (Wildman–Crippen LogP) is 5.45. The van der Waals surface area contributed by atoms with Gasteiger partial charge in [-0.25, -0.2) is 0 Å². The summed E-state index contributed by atoms with van der Waals surface area (Å²) in [5, 5.41) is 12.6. The SMILES string of the molecule is O=C(NCCCc1ccccc1)c1ccc(Oc2cc3c(cc2Cl)C(C(=O)O)CCO3)cc1. The van der Waals surface area contributed by atoms with Gasteiger partial charge >= 0.3 is 5.97 Å². The first kappa shape index (κ1) is 22.7. The second kappa shape index (κ2) is 10.4. The summed E-state index contributed by atoms with van der Waals surface area (Å²) >= 11 is 6.34. The summed E-state index contributed by atoms with van der Waals surface area (Å²) in [5.74, 6) is -0.374. The van der Waals surface area contributed by atoms with E-state index in [1.165, 1.54) is 5.56 Å². The number of ether oxygens (including phenoxy) is 2. The summed E-state index contributed by atoms with van der Waals surface area (Å²) in [4.78, 5) is 23.9. The Kier molecular flexibility index (Phi) is 7.15. The molecule has 1 aliphatic rings. The third-order valence-electron chi connectivity index (χ3n) is 5.52. The molecule has 170 valence electrons. The van der Waals surface area contributed by atoms with Crippen LogP contribution in [0.15, 0.2) is 66.7 Å². The van der Waals surface area contributed by atoms with Gasteiger partial charge in [0.2, 0.25) is 0 Å². The van der Waals surface area contributed by atoms with E-state index in [9.17, 15) is 14.7 Å². The zero-order chi connectivity index (χ0) is 23.2. The molecule has 1 atom stereocenters.